The number of aliphatic imine (C=N–C) groups is 1. The molecule has 0 bridgehead atoms. The van der Waals surface area contributed by atoms with Crippen molar-refractivity contribution in [2.45, 2.75) is 38.9 Å². The van der Waals surface area contributed by atoms with Gasteiger partial charge in [0.1, 0.15) is 9.84 Å². The molecule has 1 fully saturated rings. The molecule has 26 heavy (non-hydrogen) atoms. The lowest BCUT2D eigenvalue weighted by molar-refractivity contribution is -0.143. The minimum absolute atomic E-state index is 0. The van der Waals surface area contributed by atoms with E-state index in [4.69, 9.17) is 0 Å². The minimum Gasteiger partial charge on any atom is -0.357 e. The Morgan fingerprint density at radius 1 is 1.38 bits per heavy atom. The zero-order chi connectivity index (χ0) is 19.1. The number of likely N-dealkylation sites (tertiary alicyclic amines) is 1. The van der Waals surface area contributed by atoms with E-state index in [1.54, 1.807) is 0 Å². The third kappa shape index (κ3) is 12.2. The van der Waals surface area contributed by atoms with Gasteiger partial charge in [-0.05, 0) is 39.2 Å². The van der Waals surface area contributed by atoms with E-state index in [9.17, 15) is 21.6 Å². The van der Waals surface area contributed by atoms with E-state index in [0.29, 0.717) is 45.0 Å². The Morgan fingerprint density at radius 3 is 2.58 bits per heavy atom. The van der Waals surface area contributed by atoms with Gasteiger partial charge in [0, 0.05) is 31.9 Å². The summed E-state index contributed by atoms with van der Waals surface area (Å²) in [5.41, 5.74) is 0. The fraction of sp³-hybridized carbons (Fsp3) is 0.933. The zero-order valence-corrected chi connectivity index (χ0v) is 18.6. The molecular weight excluding hydrogens is 484 g/mol. The molecule has 0 amide bonds. The van der Waals surface area contributed by atoms with E-state index < -0.39 is 22.6 Å². The Bertz CT molecular complexity index is 543. The number of hydrogen-bond acceptors (Lipinski definition) is 4. The summed E-state index contributed by atoms with van der Waals surface area (Å²) < 4.78 is 59.7. The average molecular weight is 514 g/mol. The van der Waals surface area contributed by atoms with Crippen LogP contribution in [0.5, 0.6) is 0 Å². The lowest BCUT2D eigenvalue weighted by Gasteiger charge is -2.19. The highest BCUT2D eigenvalue weighted by Crippen LogP contribution is 2.22. The molecule has 2 atom stereocenters. The van der Waals surface area contributed by atoms with E-state index in [2.05, 4.69) is 15.6 Å². The molecular formula is C15H30F3IN4O2S. The first kappa shape index (κ1) is 25.7. The van der Waals surface area contributed by atoms with Crippen LogP contribution in [-0.2, 0) is 9.84 Å². The van der Waals surface area contributed by atoms with Crippen LogP contribution in [0.3, 0.4) is 0 Å². The Morgan fingerprint density at radius 2 is 2.04 bits per heavy atom. The van der Waals surface area contributed by atoms with Crippen molar-refractivity contribution < 1.29 is 21.6 Å². The molecule has 11 heteroatoms. The van der Waals surface area contributed by atoms with Crippen LogP contribution >= 0.6 is 24.0 Å². The molecule has 6 nitrogen and oxygen atoms in total. The third-order valence-electron chi connectivity index (χ3n) is 3.93. The summed E-state index contributed by atoms with van der Waals surface area (Å²) in [5, 5.41) is 6.22. The van der Waals surface area contributed by atoms with Crippen LogP contribution in [0.4, 0.5) is 13.2 Å². The molecule has 2 N–H and O–H groups in total. The van der Waals surface area contributed by atoms with Crippen LogP contribution in [-0.4, -0.2) is 76.2 Å². The number of alkyl halides is 3. The van der Waals surface area contributed by atoms with Gasteiger partial charge in [0.15, 0.2) is 5.96 Å². The normalized spacial score (nSPS) is 20.5. The third-order valence-corrected chi connectivity index (χ3v) is 4.91. The maximum absolute atomic E-state index is 12.4. The second-order valence-corrected chi connectivity index (χ2v) is 8.95. The van der Waals surface area contributed by atoms with Crippen LogP contribution in [0.15, 0.2) is 4.99 Å². The van der Waals surface area contributed by atoms with Crippen molar-refractivity contribution in [3.8, 4) is 0 Å². The molecule has 0 aromatic heterocycles. The van der Waals surface area contributed by atoms with E-state index in [1.165, 1.54) is 11.2 Å². The second kappa shape index (κ2) is 11.5. The smallest absolute Gasteiger partial charge is 0.357 e. The van der Waals surface area contributed by atoms with E-state index in [0.717, 1.165) is 0 Å². The summed E-state index contributed by atoms with van der Waals surface area (Å²) in [5.74, 6) is 0.761. The van der Waals surface area contributed by atoms with Gasteiger partial charge >= 0.3 is 6.18 Å². The molecule has 2 unspecified atom stereocenters. The Labute approximate surface area is 171 Å². The molecule has 1 aliphatic heterocycles. The van der Waals surface area contributed by atoms with Crippen molar-refractivity contribution in [3.63, 3.8) is 0 Å². The number of rotatable bonds is 8. The molecule has 0 spiro atoms. The number of nitrogens with one attached hydrogen (secondary N) is 2. The number of nitrogens with zero attached hydrogens (tertiary/aromatic N) is 2. The molecule has 1 rings (SSSR count). The number of sulfone groups is 1. The van der Waals surface area contributed by atoms with Gasteiger partial charge in [-0.1, -0.05) is 0 Å². The van der Waals surface area contributed by atoms with Crippen LogP contribution in [0.1, 0.15) is 26.7 Å². The van der Waals surface area contributed by atoms with Gasteiger partial charge in [-0.25, -0.2) is 8.42 Å². The highest BCUT2D eigenvalue weighted by Gasteiger charge is 2.34. The molecule has 0 aromatic rings. The van der Waals surface area contributed by atoms with Gasteiger partial charge < -0.3 is 10.6 Å². The Balaban J connectivity index is 0.00000625. The fourth-order valence-corrected chi connectivity index (χ4v) is 3.48. The first-order valence-corrected chi connectivity index (χ1v) is 10.6. The molecule has 0 aromatic carbocycles. The van der Waals surface area contributed by atoms with Crippen LogP contribution in [0.2, 0.25) is 0 Å². The van der Waals surface area contributed by atoms with Gasteiger partial charge in [0.2, 0.25) is 0 Å². The Kier molecular flexibility index (Phi) is 11.4. The fourth-order valence-electron chi connectivity index (χ4n) is 2.70. The van der Waals surface area contributed by atoms with Crippen molar-refractivity contribution in [2.75, 3.05) is 44.7 Å². The van der Waals surface area contributed by atoms with Crippen molar-refractivity contribution in [1.82, 2.24) is 15.5 Å². The first-order chi connectivity index (χ1) is 11.5. The van der Waals surface area contributed by atoms with E-state index >= 15 is 0 Å². The summed E-state index contributed by atoms with van der Waals surface area (Å²) in [6.07, 6.45) is -1.80. The largest absolute Gasteiger partial charge is 0.401 e. The number of hydrogen-bond donors (Lipinski definition) is 2. The van der Waals surface area contributed by atoms with Crippen molar-refractivity contribution in [2.24, 2.45) is 10.9 Å². The Hall–Kier alpha value is -0.300. The zero-order valence-electron chi connectivity index (χ0n) is 15.5. The van der Waals surface area contributed by atoms with Gasteiger partial charge in [-0.2, -0.15) is 13.2 Å². The maximum atomic E-state index is 12.4. The second-order valence-electron chi connectivity index (χ2n) is 6.69. The quantitative estimate of drug-likeness (QED) is 0.294. The highest BCUT2D eigenvalue weighted by atomic mass is 127. The molecule has 0 saturated carbocycles. The summed E-state index contributed by atoms with van der Waals surface area (Å²) >= 11 is 0. The summed E-state index contributed by atoms with van der Waals surface area (Å²) in [4.78, 5) is 5.86. The maximum Gasteiger partial charge on any atom is 0.401 e. The van der Waals surface area contributed by atoms with Crippen molar-refractivity contribution >= 4 is 39.8 Å². The van der Waals surface area contributed by atoms with Gasteiger partial charge in [0.05, 0.1) is 12.3 Å². The summed E-state index contributed by atoms with van der Waals surface area (Å²) in [6.45, 7) is 4.85. The molecule has 0 aliphatic carbocycles. The van der Waals surface area contributed by atoms with E-state index in [1.807, 2.05) is 13.8 Å². The van der Waals surface area contributed by atoms with Crippen LogP contribution in [0, 0.1) is 5.92 Å². The SMILES string of the molecule is CCNC(=NCC1CCN(CC(F)(F)F)C1)NC(C)CCS(C)(=O)=O.I. The molecule has 1 saturated heterocycles. The molecule has 0 radical (unpaired) electrons. The average Bonchev–Trinajstić information content (AvgIpc) is 2.87. The highest BCUT2D eigenvalue weighted by molar-refractivity contribution is 14.0. The standard InChI is InChI=1S/C15H29F3N4O2S.HI/c1-4-19-14(21-12(2)6-8-25(3,23)24)20-9-13-5-7-22(10-13)11-15(16,17)18;/h12-13H,4-11H2,1-3H3,(H2,19,20,21);1H. The molecule has 1 heterocycles. The van der Waals surface area contributed by atoms with Crippen molar-refractivity contribution in [1.29, 1.82) is 0 Å². The minimum atomic E-state index is -4.16. The lowest BCUT2D eigenvalue weighted by Crippen LogP contribution is -2.43. The number of halogens is 4. The number of guanidine groups is 1. The van der Waals surface area contributed by atoms with Crippen LogP contribution in [0.25, 0.3) is 0 Å². The molecule has 1 aliphatic rings. The van der Waals surface area contributed by atoms with Gasteiger partial charge in [-0.15, -0.1) is 24.0 Å². The summed E-state index contributed by atoms with van der Waals surface area (Å²) in [7, 11) is -3.01. The lowest BCUT2D eigenvalue weighted by atomic mass is 10.1. The predicted molar refractivity (Wildman–Crippen MR) is 109 cm³/mol. The van der Waals surface area contributed by atoms with Gasteiger partial charge in [0.25, 0.3) is 0 Å². The monoisotopic (exact) mass is 514 g/mol. The van der Waals surface area contributed by atoms with Crippen LogP contribution < -0.4 is 10.6 Å². The molecule has 156 valence electrons. The van der Waals surface area contributed by atoms with Crippen molar-refractivity contribution in [3.05, 3.63) is 0 Å². The topological polar surface area (TPSA) is 73.8 Å². The first-order valence-electron chi connectivity index (χ1n) is 8.50. The van der Waals surface area contributed by atoms with E-state index in [-0.39, 0.29) is 41.7 Å². The summed E-state index contributed by atoms with van der Waals surface area (Å²) in [6, 6.07) is -0.0715. The predicted octanol–water partition coefficient (Wildman–Crippen LogP) is 1.87. The van der Waals surface area contributed by atoms with Gasteiger partial charge in [-0.3, -0.25) is 9.89 Å².